The first-order chi connectivity index (χ1) is 26.9. The number of unbranched alkanes of at least 4 members (excludes halogenated alkanes) is 24. The number of nitrogens with zero attached hydrogens (tertiary/aromatic N) is 1. The molecule has 0 aliphatic carbocycles. The van der Waals surface area contributed by atoms with E-state index in [0.29, 0.717) is 32.0 Å². The number of carbonyl (C=O) groups excluding carboxylic acids is 3. The summed E-state index contributed by atoms with van der Waals surface area (Å²) in [7, 11) is 0. The monoisotopic (exact) mass is 778 g/mol. The Hall–Kier alpha value is -1.63. The molecule has 2 atom stereocenters. The van der Waals surface area contributed by atoms with Crippen LogP contribution in [0.4, 0.5) is 0 Å². The summed E-state index contributed by atoms with van der Waals surface area (Å²) in [4.78, 5) is 40.1. The lowest BCUT2D eigenvalue weighted by Crippen LogP contribution is -2.38. The van der Waals surface area contributed by atoms with Crippen molar-refractivity contribution >= 4 is 17.9 Å². The fourth-order valence-electron chi connectivity index (χ4n) is 8.04. The van der Waals surface area contributed by atoms with Crippen LogP contribution in [0.3, 0.4) is 0 Å². The topological polar surface area (TPSA) is 82.1 Å². The van der Waals surface area contributed by atoms with Crippen molar-refractivity contribution in [2.75, 3.05) is 26.3 Å². The van der Waals surface area contributed by atoms with Gasteiger partial charge >= 0.3 is 17.9 Å². The van der Waals surface area contributed by atoms with E-state index in [1.54, 1.807) is 0 Å². The summed E-state index contributed by atoms with van der Waals surface area (Å²) in [5.74, 6) is 0.318. The molecule has 7 heteroatoms. The molecule has 0 aromatic rings. The highest BCUT2D eigenvalue weighted by Crippen LogP contribution is 2.25. The molecule has 7 nitrogen and oxygen atoms in total. The van der Waals surface area contributed by atoms with Crippen LogP contribution in [0.25, 0.3) is 0 Å². The summed E-state index contributed by atoms with van der Waals surface area (Å²) in [5.41, 5.74) is 0. The molecule has 0 radical (unpaired) electrons. The van der Waals surface area contributed by atoms with Crippen LogP contribution in [0, 0.1) is 5.92 Å². The van der Waals surface area contributed by atoms with Gasteiger partial charge in [0.1, 0.15) is 12.1 Å². The van der Waals surface area contributed by atoms with E-state index in [2.05, 4.69) is 32.6 Å². The Bertz CT molecular complexity index is 880. The van der Waals surface area contributed by atoms with E-state index >= 15 is 0 Å². The van der Waals surface area contributed by atoms with Gasteiger partial charge in [0.25, 0.3) is 0 Å². The van der Waals surface area contributed by atoms with Crippen LogP contribution in [-0.2, 0) is 28.6 Å². The van der Waals surface area contributed by atoms with Gasteiger partial charge in [0.2, 0.25) is 0 Å². The highest BCUT2D eigenvalue weighted by molar-refractivity contribution is 5.76. The van der Waals surface area contributed by atoms with E-state index < -0.39 is 0 Å². The predicted octanol–water partition coefficient (Wildman–Crippen LogP) is 13.6. The molecule has 1 heterocycles. The number of hydrogen-bond acceptors (Lipinski definition) is 7. The van der Waals surface area contributed by atoms with Gasteiger partial charge in [-0.25, -0.2) is 0 Å². The van der Waals surface area contributed by atoms with Crippen LogP contribution < -0.4 is 0 Å². The minimum absolute atomic E-state index is 0.0201. The number of hydrogen-bond donors (Lipinski definition) is 0. The van der Waals surface area contributed by atoms with Gasteiger partial charge in [-0.15, -0.1) is 0 Å². The number of ether oxygens (including phenoxy) is 3. The second kappa shape index (κ2) is 37.9. The van der Waals surface area contributed by atoms with Crippen molar-refractivity contribution in [1.29, 1.82) is 0 Å². The first kappa shape index (κ1) is 51.4. The smallest absolute Gasteiger partial charge is 0.323 e. The quantitative estimate of drug-likeness (QED) is 0.0348. The van der Waals surface area contributed by atoms with E-state index in [0.717, 1.165) is 96.6 Å². The average Bonchev–Trinajstić information content (AvgIpc) is 3.55. The van der Waals surface area contributed by atoms with Crippen LogP contribution in [0.1, 0.15) is 246 Å². The van der Waals surface area contributed by atoms with Crippen molar-refractivity contribution in [3.8, 4) is 0 Å². The van der Waals surface area contributed by atoms with Gasteiger partial charge < -0.3 is 14.2 Å². The van der Waals surface area contributed by atoms with E-state index in [1.165, 1.54) is 122 Å². The maximum atomic E-state index is 13.0. The molecule has 0 aromatic heterocycles. The molecule has 1 aliphatic rings. The van der Waals surface area contributed by atoms with E-state index in [4.69, 9.17) is 14.2 Å². The lowest BCUT2D eigenvalue weighted by atomic mass is 10.0. The molecule has 0 amide bonds. The second-order valence-electron chi connectivity index (χ2n) is 17.1. The maximum absolute atomic E-state index is 13.0. The first-order valence-electron chi connectivity index (χ1n) is 24.2. The molecule has 0 aromatic carbocycles. The van der Waals surface area contributed by atoms with Crippen molar-refractivity contribution in [2.24, 2.45) is 5.92 Å². The first-order valence-corrected chi connectivity index (χ1v) is 24.2. The zero-order chi connectivity index (χ0) is 40.0. The Morgan fingerprint density at radius 3 is 1.45 bits per heavy atom. The van der Waals surface area contributed by atoms with Crippen molar-refractivity contribution in [3.63, 3.8) is 0 Å². The molecule has 0 bridgehead atoms. The molecule has 1 aliphatic heterocycles. The van der Waals surface area contributed by atoms with Crippen LogP contribution in [-0.4, -0.2) is 61.3 Å². The summed E-state index contributed by atoms with van der Waals surface area (Å²) in [6, 6.07) is -0.145. The Balaban J connectivity index is 2.13. The largest absolute Gasteiger partial charge is 0.466 e. The fourth-order valence-corrected chi connectivity index (χ4v) is 8.04. The van der Waals surface area contributed by atoms with Crippen LogP contribution in [0.5, 0.6) is 0 Å². The van der Waals surface area contributed by atoms with Crippen LogP contribution in [0.2, 0.25) is 0 Å². The van der Waals surface area contributed by atoms with Crippen LogP contribution in [0.15, 0.2) is 0 Å². The molecule has 0 spiro atoms. The Kier molecular flexibility index (Phi) is 35.4. The van der Waals surface area contributed by atoms with Gasteiger partial charge in [0.15, 0.2) is 0 Å². The fraction of sp³-hybridized carbons (Fsp3) is 0.938. The Morgan fingerprint density at radius 2 is 0.927 bits per heavy atom. The molecule has 1 fully saturated rings. The number of rotatable bonds is 40. The summed E-state index contributed by atoms with van der Waals surface area (Å²) in [6.45, 7) is 11.8. The third kappa shape index (κ3) is 31.1. The number of esters is 3. The van der Waals surface area contributed by atoms with E-state index in [-0.39, 0.29) is 30.1 Å². The molecule has 1 rings (SSSR count). The third-order valence-electron chi connectivity index (χ3n) is 11.5. The number of carbonyl (C=O) groups is 3. The average molecular weight is 778 g/mol. The third-order valence-corrected chi connectivity index (χ3v) is 11.5. The molecule has 55 heavy (non-hydrogen) atoms. The van der Waals surface area contributed by atoms with E-state index in [1.807, 2.05) is 0 Å². The van der Waals surface area contributed by atoms with Crippen molar-refractivity contribution < 1.29 is 28.6 Å². The maximum Gasteiger partial charge on any atom is 0.323 e. The molecule has 1 saturated heterocycles. The summed E-state index contributed by atoms with van der Waals surface area (Å²) in [6.07, 6.45) is 38.2. The van der Waals surface area contributed by atoms with Gasteiger partial charge in [-0.05, 0) is 76.7 Å². The van der Waals surface area contributed by atoms with Crippen molar-refractivity contribution in [2.45, 2.75) is 258 Å². The number of likely N-dealkylation sites (tertiary alicyclic amines) is 1. The molecular formula is C48H91NO6. The summed E-state index contributed by atoms with van der Waals surface area (Å²) in [5, 5.41) is 0. The minimum Gasteiger partial charge on any atom is -0.466 e. The van der Waals surface area contributed by atoms with Gasteiger partial charge in [-0.1, -0.05) is 169 Å². The SMILES string of the molecule is CCCCCCCCCCCOC(=O)CCCCCN1C[C@@H](C)C[C@H]1C(=O)OCCCCCCCC(=O)OC(CCCCCCCC)CCCCCCCC. The highest BCUT2D eigenvalue weighted by Gasteiger charge is 2.35. The summed E-state index contributed by atoms with van der Waals surface area (Å²) < 4.78 is 17.2. The van der Waals surface area contributed by atoms with E-state index in [9.17, 15) is 14.4 Å². The molecule has 0 N–H and O–H groups in total. The van der Waals surface area contributed by atoms with Gasteiger partial charge in [0.05, 0.1) is 13.2 Å². The summed E-state index contributed by atoms with van der Waals surface area (Å²) >= 11 is 0. The lowest BCUT2D eigenvalue weighted by Gasteiger charge is -2.22. The van der Waals surface area contributed by atoms with Gasteiger partial charge in [-0.2, -0.15) is 0 Å². The van der Waals surface area contributed by atoms with Gasteiger partial charge in [0, 0.05) is 19.4 Å². The molecule has 0 saturated carbocycles. The highest BCUT2D eigenvalue weighted by atomic mass is 16.5. The van der Waals surface area contributed by atoms with Gasteiger partial charge in [-0.3, -0.25) is 19.3 Å². The van der Waals surface area contributed by atoms with Crippen molar-refractivity contribution in [1.82, 2.24) is 4.90 Å². The Labute approximate surface area is 340 Å². The minimum atomic E-state index is -0.145. The van der Waals surface area contributed by atoms with Crippen LogP contribution >= 0.6 is 0 Å². The standard InChI is InChI=1S/C48H91NO6/c1-5-8-11-14-17-18-19-24-32-39-53-46(50)36-30-26-31-38-49-42-43(4)41-45(49)48(52)54-40-33-25-20-23-29-37-47(51)55-44(34-27-21-15-12-9-6-2)35-28-22-16-13-10-7-3/h43-45H,5-42H2,1-4H3/t43-,45-/m0/s1. The predicted molar refractivity (Wildman–Crippen MR) is 230 cm³/mol. The zero-order valence-corrected chi connectivity index (χ0v) is 37.0. The normalized spacial score (nSPS) is 15.9. The molecule has 324 valence electrons. The lowest BCUT2D eigenvalue weighted by molar-refractivity contribution is -0.150. The molecule has 0 unspecified atom stereocenters. The van der Waals surface area contributed by atoms with Crippen molar-refractivity contribution in [3.05, 3.63) is 0 Å². The zero-order valence-electron chi connectivity index (χ0n) is 37.0. The Morgan fingerprint density at radius 1 is 0.509 bits per heavy atom. The second-order valence-corrected chi connectivity index (χ2v) is 17.1. The molecular weight excluding hydrogens is 687 g/mol.